The standard InChI is InChI=1S/C52H99NO12S/c1-3-5-7-9-11-13-15-17-19-21-22-23-25-26-28-30-32-34-36-38-40-45(55)44(43-63-52-49(58)50(65-66(60,61)62)48(57)47(42-54)64-52)53-51(59)46(56)41-39-37-35-33-31-29-27-24-20-18-16-14-12-10-8-6-4-2/h27,29,38,40,44-50,52,54-58H,3-26,28,30-37,39,41-43H2,1-2H3,(H,53,59)(H,60,61,62)/b29-27-,40-38+. The van der Waals surface area contributed by atoms with E-state index in [1.165, 1.54) is 154 Å². The molecule has 0 aromatic heterocycles. The summed E-state index contributed by atoms with van der Waals surface area (Å²) in [6, 6.07) is -1.12. The molecule has 0 spiro atoms. The summed E-state index contributed by atoms with van der Waals surface area (Å²) in [5.74, 6) is -0.708. The third-order valence-electron chi connectivity index (χ3n) is 12.8. The fraction of sp³-hybridized carbons (Fsp3) is 0.904. The van der Waals surface area contributed by atoms with Gasteiger partial charge in [0.25, 0.3) is 0 Å². The lowest BCUT2D eigenvalue weighted by atomic mass is 9.99. The van der Waals surface area contributed by atoms with Crippen LogP contribution >= 0.6 is 0 Å². The van der Waals surface area contributed by atoms with Crippen LogP contribution in [0, 0.1) is 0 Å². The van der Waals surface area contributed by atoms with E-state index in [0.29, 0.717) is 12.8 Å². The van der Waals surface area contributed by atoms with E-state index < -0.39 is 78.5 Å². The topological polar surface area (TPSA) is 212 Å². The van der Waals surface area contributed by atoms with Crippen LogP contribution in [0.15, 0.2) is 24.3 Å². The predicted molar refractivity (Wildman–Crippen MR) is 265 cm³/mol. The quantitative estimate of drug-likeness (QED) is 0.0173. The van der Waals surface area contributed by atoms with Crippen molar-refractivity contribution in [2.24, 2.45) is 0 Å². The summed E-state index contributed by atoms with van der Waals surface area (Å²) in [6.07, 6.45) is 38.2. The molecule has 1 aliphatic heterocycles. The fourth-order valence-electron chi connectivity index (χ4n) is 8.57. The molecule has 0 aromatic carbocycles. The van der Waals surface area contributed by atoms with E-state index in [4.69, 9.17) is 9.47 Å². The molecule has 1 rings (SSSR count). The third-order valence-corrected chi connectivity index (χ3v) is 13.3. The molecule has 7 N–H and O–H groups in total. The monoisotopic (exact) mass is 962 g/mol. The molecule has 1 heterocycles. The number of rotatable bonds is 46. The summed E-state index contributed by atoms with van der Waals surface area (Å²) >= 11 is 0. The zero-order chi connectivity index (χ0) is 48.5. The van der Waals surface area contributed by atoms with Gasteiger partial charge in [-0.3, -0.25) is 9.35 Å². The van der Waals surface area contributed by atoms with Crippen molar-refractivity contribution in [3.8, 4) is 0 Å². The summed E-state index contributed by atoms with van der Waals surface area (Å²) < 4.78 is 47.7. The molecule has 1 fully saturated rings. The molecule has 13 nitrogen and oxygen atoms in total. The third kappa shape index (κ3) is 33.9. The van der Waals surface area contributed by atoms with Gasteiger partial charge < -0.3 is 40.3 Å². The zero-order valence-electron chi connectivity index (χ0n) is 41.6. The molecule has 1 saturated heterocycles. The minimum atomic E-state index is -5.12. The van der Waals surface area contributed by atoms with Gasteiger partial charge in [-0.15, -0.1) is 0 Å². The van der Waals surface area contributed by atoms with E-state index in [1.54, 1.807) is 6.08 Å². The Labute approximate surface area is 402 Å². The number of amides is 1. The Hall–Kier alpha value is -1.46. The summed E-state index contributed by atoms with van der Waals surface area (Å²) in [6.45, 7) is 3.24. The van der Waals surface area contributed by atoms with Crippen LogP contribution in [0.25, 0.3) is 0 Å². The summed E-state index contributed by atoms with van der Waals surface area (Å²) in [4.78, 5) is 13.2. The van der Waals surface area contributed by atoms with Gasteiger partial charge in [-0.1, -0.05) is 218 Å². The van der Waals surface area contributed by atoms with Crippen LogP contribution in [0.3, 0.4) is 0 Å². The predicted octanol–water partition coefficient (Wildman–Crippen LogP) is 10.6. The minimum Gasteiger partial charge on any atom is -0.394 e. The lowest BCUT2D eigenvalue weighted by Gasteiger charge is -2.41. The molecule has 0 radical (unpaired) electrons. The number of allylic oxidation sites excluding steroid dienone is 3. The van der Waals surface area contributed by atoms with Gasteiger partial charge in [-0.05, 0) is 44.9 Å². The number of aliphatic hydroxyl groups excluding tert-OH is 5. The van der Waals surface area contributed by atoms with Gasteiger partial charge >= 0.3 is 10.4 Å². The number of ether oxygens (including phenoxy) is 2. The SMILES string of the molecule is CCCCCCCCCCC/C=C\CCCCCCC(O)C(=O)NC(COC1OC(CO)C(O)C(OS(=O)(=O)O)C1O)C(O)/C=C/CCCCCCCCCCCCCCCCCCCC. The molecular formula is C52H99NO12S. The van der Waals surface area contributed by atoms with E-state index in [-0.39, 0.29) is 6.42 Å². The van der Waals surface area contributed by atoms with Crippen LogP contribution in [0.2, 0.25) is 0 Å². The smallest absolute Gasteiger partial charge is 0.394 e. The average molecular weight is 962 g/mol. The first-order chi connectivity index (χ1) is 31.9. The molecule has 390 valence electrons. The zero-order valence-corrected chi connectivity index (χ0v) is 42.4. The van der Waals surface area contributed by atoms with Crippen molar-refractivity contribution in [2.75, 3.05) is 13.2 Å². The summed E-state index contributed by atoms with van der Waals surface area (Å²) in [7, 11) is -5.12. The van der Waals surface area contributed by atoms with Crippen LogP contribution in [0.5, 0.6) is 0 Å². The van der Waals surface area contributed by atoms with Gasteiger partial charge in [0.05, 0.1) is 25.4 Å². The van der Waals surface area contributed by atoms with Crippen LogP contribution in [-0.4, -0.2) is 107 Å². The van der Waals surface area contributed by atoms with Crippen LogP contribution in [0.1, 0.15) is 239 Å². The van der Waals surface area contributed by atoms with Gasteiger partial charge in [0.15, 0.2) is 6.29 Å². The van der Waals surface area contributed by atoms with E-state index in [2.05, 4.69) is 35.5 Å². The first-order valence-electron chi connectivity index (χ1n) is 26.8. The second-order valence-electron chi connectivity index (χ2n) is 19.0. The Bertz CT molecular complexity index is 1290. The molecule has 8 atom stereocenters. The van der Waals surface area contributed by atoms with Gasteiger partial charge in [-0.2, -0.15) is 8.42 Å². The lowest BCUT2D eigenvalue weighted by Crippen LogP contribution is -2.61. The number of aliphatic hydroxyl groups is 5. The normalized spacial score (nSPS) is 20.6. The molecule has 8 unspecified atom stereocenters. The second-order valence-corrected chi connectivity index (χ2v) is 20.0. The Morgan fingerprint density at radius 3 is 1.41 bits per heavy atom. The molecule has 1 aliphatic rings. The first kappa shape index (κ1) is 62.6. The van der Waals surface area contributed by atoms with Crippen LogP contribution in [0.4, 0.5) is 0 Å². The van der Waals surface area contributed by atoms with Crippen molar-refractivity contribution in [1.82, 2.24) is 5.32 Å². The van der Waals surface area contributed by atoms with E-state index in [0.717, 1.165) is 51.4 Å². The van der Waals surface area contributed by atoms with Gasteiger partial charge in [0, 0.05) is 0 Å². The molecule has 0 aromatic rings. The van der Waals surface area contributed by atoms with Crippen molar-refractivity contribution >= 4 is 16.3 Å². The lowest BCUT2D eigenvalue weighted by molar-refractivity contribution is -0.298. The minimum absolute atomic E-state index is 0.230. The molecule has 0 saturated carbocycles. The van der Waals surface area contributed by atoms with Crippen LogP contribution in [-0.2, 0) is 28.9 Å². The Balaban J connectivity index is 2.50. The van der Waals surface area contributed by atoms with Crippen molar-refractivity contribution in [2.45, 2.75) is 288 Å². The number of unbranched alkanes of at least 4 members (excludes halogenated alkanes) is 31. The number of nitrogens with one attached hydrogen (secondary N) is 1. The van der Waals surface area contributed by atoms with Crippen molar-refractivity contribution in [1.29, 1.82) is 0 Å². The van der Waals surface area contributed by atoms with Gasteiger partial charge in [0.2, 0.25) is 5.91 Å². The molecule has 0 bridgehead atoms. The summed E-state index contributed by atoms with van der Waals surface area (Å²) in [5.41, 5.74) is 0. The number of carbonyl (C=O) groups excluding carboxylic acids is 1. The highest BCUT2D eigenvalue weighted by atomic mass is 32.3. The van der Waals surface area contributed by atoms with Crippen molar-refractivity contribution in [3.05, 3.63) is 24.3 Å². The maximum atomic E-state index is 13.2. The highest BCUT2D eigenvalue weighted by molar-refractivity contribution is 7.80. The van der Waals surface area contributed by atoms with Gasteiger partial charge in [-0.25, -0.2) is 4.18 Å². The van der Waals surface area contributed by atoms with Crippen molar-refractivity contribution in [3.63, 3.8) is 0 Å². The summed E-state index contributed by atoms with van der Waals surface area (Å²) in [5, 5.41) is 55.4. The Kier molecular flexibility index (Phi) is 40.2. The van der Waals surface area contributed by atoms with Crippen LogP contribution < -0.4 is 5.32 Å². The van der Waals surface area contributed by atoms with E-state index >= 15 is 0 Å². The first-order valence-corrected chi connectivity index (χ1v) is 28.2. The maximum absolute atomic E-state index is 13.2. The number of hydrogen-bond acceptors (Lipinski definition) is 11. The highest BCUT2D eigenvalue weighted by Gasteiger charge is 2.48. The van der Waals surface area contributed by atoms with Crippen molar-refractivity contribution < 1.29 is 57.0 Å². The largest absolute Gasteiger partial charge is 0.397 e. The molecule has 66 heavy (non-hydrogen) atoms. The molecule has 14 heteroatoms. The molecule has 0 aliphatic carbocycles. The van der Waals surface area contributed by atoms with Gasteiger partial charge in [0.1, 0.15) is 30.5 Å². The maximum Gasteiger partial charge on any atom is 0.397 e. The Morgan fingerprint density at radius 2 is 1.00 bits per heavy atom. The number of hydrogen-bond donors (Lipinski definition) is 7. The van der Waals surface area contributed by atoms with E-state index in [9.17, 15) is 43.3 Å². The molecule has 1 amide bonds. The highest BCUT2D eigenvalue weighted by Crippen LogP contribution is 2.26. The number of carbonyl (C=O) groups is 1. The second kappa shape index (κ2) is 42.4. The molecular weight excluding hydrogens is 863 g/mol. The average Bonchev–Trinajstić information content (AvgIpc) is 3.29. The van der Waals surface area contributed by atoms with E-state index in [1.807, 2.05) is 6.08 Å². The fourth-order valence-corrected chi connectivity index (χ4v) is 9.08. The Morgan fingerprint density at radius 1 is 0.606 bits per heavy atom.